The van der Waals surface area contributed by atoms with Crippen LogP contribution in [0.4, 0.5) is 10.5 Å². The second-order valence-corrected chi connectivity index (χ2v) is 4.70. The number of nitrogen functional groups attached to an aromatic ring is 1. The van der Waals surface area contributed by atoms with Crippen molar-refractivity contribution in [2.75, 3.05) is 25.9 Å². The molecule has 0 spiro atoms. The lowest BCUT2D eigenvalue weighted by Crippen LogP contribution is -2.56. The number of anilines is 1. The number of nitrogens with zero attached hydrogens (tertiary/aromatic N) is 1. The van der Waals surface area contributed by atoms with E-state index in [2.05, 4.69) is 18.3 Å². The molecule has 0 bridgehead atoms. The summed E-state index contributed by atoms with van der Waals surface area (Å²) in [5, 5.41) is 2.89. The average Bonchev–Trinajstić information content (AvgIpc) is 2.24. The van der Waals surface area contributed by atoms with Crippen molar-refractivity contribution in [2.24, 2.45) is 0 Å². The van der Waals surface area contributed by atoms with Crippen LogP contribution in [0.3, 0.4) is 0 Å². The number of carbonyl (C=O) groups is 1. The van der Waals surface area contributed by atoms with Gasteiger partial charge < -0.3 is 16.0 Å². The van der Waals surface area contributed by atoms with Crippen LogP contribution in [0.25, 0.3) is 0 Å². The number of benzene rings is 1. The van der Waals surface area contributed by atoms with Gasteiger partial charge in [0.25, 0.3) is 0 Å². The summed E-state index contributed by atoms with van der Waals surface area (Å²) in [6, 6.07) is 7.85. The third kappa shape index (κ3) is 1.83. The van der Waals surface area contributed by atoms with Crippen LogP contribution in [-0.4, -0.2) is 31.1 Å². The highest BCUT2D eigenvalue weighted by Crippen LogP contribution is 2.27. The van der Waals surface area contributed by atoms with Crippen LogP contribution in [0.15, 0.2) is 24.3 Å². The molecule has 1 heterocycles. The Hall–Kier alpha value is -1.71. The van der Waals surface area contributed by atoms with Crippen LogP contribution >= 0.6 is 0 Å². The van der Waals surface area contributed by atoms with Crippen LogP contribution < -0.4 is 11.1 Å². The predicted octanol–water partition coefficient (Wildman–Crippen LogP) is 1.18. The Kier molecular flexibility index (Phi) is 2.50. The molecular formula is C12H17N3O. The van der Waals surface area contributed by atoms with Crippen molar-refractivity contribution in [3.05, 3.63) is 29.8 Å². The van der Waals surface area contributed by atoms with Crippen molar-refractivity contribution >= 4 is 11.7 Å². The first-order valence-corrected chi connectivity index (χ1v) is 5.36. The minimum atomic E-state index is -0.0714. The Bertz CT molecular complexity index is 418. The van der Waals surface area contributed by atoms with Gasteiger partial charge in [-0.1, -0.05) is 19.1 Å². The zero-order valence-electron chi connectivity index (χ0n) is 9.66. The molecule has 1 aliphatic heterocycles. The first kappa shape index (κ1) is 10.8. The van der Waals surface area contributed by atoms with Crippen molar-refractivity contribution < 1.29 is 4.79 Å². The average molecular weight is 219 g/mol. The number of urea groups is 1. The number of nitrogens with one attached hydrogen (secondary N) is 1. The second-order valence-electron chi connectivity index (χ2n) is 4.70. The molecule has 0 aliphatic carbocycles. The van der Waals surface area contributed by atoms with Crippen molar-refractivity contribution in [1.82, 2.24) is 10.2 Å². The molecule has 2 amide bonds. The number of carbonyl (C=O) groups excluding carboxylic acids is 1. The zero-order valence-corrected chi connectivity index (χ0v) is 9.66. The number of rotatable bonds is 1. The lowest BCUT2D eigenvalue weighted by atomic mass is 9.80. The maximum Gasteiger partial charge on any atom is 0.317 e. The molecule has 4 heteroatoms. The predicted molar refractivity (Wildman–Crippen MR) is 64.2 cm³/mol. The second kappa shape index (κ2) is 3.70. The monoisotopic (exact) mass is 219 g/mol. The molecule has 86 valence electrons. The molecule has 1 atom stereocenters. The quantitative estimate of drug-likeness (QED) is 0.697. The van der Waals surface area contributed by atoms with E-state index in [-0.39, 0.29) is 11.4 Å². The minimum Gasteiger partial charge on any atom is -0.399 e. The number of likely N-dealkylation sites (N-methyl/N-ethyl adjacent to an activating group) is 1. The topological polar surface area (TPSA) is 58.4 Å². The Morgan fingerprint density at radius 2 is 2.25 bits per heavy atom. The number of nitrogens with two attached hydrogens (primary N) is 1. The highest BCUT2D eigenvalue weighted by Gasteiger charge is 2.34. The van der Waals surface area contributed by atoms with Gasteiger partial charge in [-0.15, -0.1) is 0 Å². The number of hydrogen-bond donors (Lipinski definition) is 2. The number of amides is 2. The van der Waals surface area contributed by atoms with Gasteiger partial charge in [-0.3, -0.25) is 0 Å². The summed E-state index contributed by atoms with van der Waals surface area (Å²) < 4.78 is 0. The first-order valence-electron chi connectivity index (χ1n) is 5.36. The maximum atomic E-state index is 11.4. The molecule has 0 aromatic heterocycles. The summed E-state index contributed by atoms with van der Waals surface area (Å²) in [5.74, 6) is 0. The Morgan fingerprint density at radius 1 is 1.50 bits per heavy atom. The van der Waals surface area contributed by atoms with Crippen LogP contribution in [0, 0.1) is 0 Å². The molecule has 1 aliphatic rings. The first-order chi connectivity index (χ1) is 7.51. The minimum absolute atomic E-state index is 0.0126. The van der Waals surface area contributed by atoms with Gasteiger partial charge in [0.05, 0.1) is 0 Å². The van der Waals surface area contributed by atoms with Gasteiger partial charge in [0.2, 0.25) is 0 Å². The van der Waals surface area contributed by atoms with E-state index in [1.165, 1.54) is 5.56 Å². The summed E-state index contributed by atoms with van der Waals surface area (Å²) in [5.41, 5.74) is 7.64. The third-order valence-corrected chi connectivity index (χ3v) is 3.15. The molecule has 1 aromatic rings. The van der Waals surface area contributed by atoms with Crippen molar-refractivity contribution in [1.29, 1.82) is 0 Å². The summed E-state index contributed by atoms with van der Waals surface area (Å²) in [7, 11) is 1.80. The fourth-order valence-electron chi connectivity index (χ4n) is 2.16. The van der Waals surface area contributed by atoms with Gasteiger partial charge in [0.15, 0.2) is 0 Å². The Morgan fingerprint density at radius 3 is 2.88 bits per heavy atom. The van der Waals surface area contributed by atoms with E-state index in [1.807, 2.05) is 18.2 Å². The molecular weight excluding hydrogens is 202 g/mol. The lowest BCUT2D eigenvalue weighted by Gasteiger charge is -2.39. The molecule has 1 aromatic carbocycles. The van der Waals surface area contributed by atoms with Crippen molar-refractivity contribution in [3.63, 3.8) is 0 Å². The summed E-state index contributed by atoms with van der Waals surface area (Å²) >= 11 is 0. The summed E-state index contributed by atoms with van der Waals surface area (Å²) in [4.78, 5) is 13.1. The molecule has 16 heavy (non-hydrogen) atoms. The molecule has 0 saturated carbocycles. The molecule has 2 rings (SSSR count). The SMILES string of the molecule is CN1CC(C)(c2cccc(N)c2)CNC1=O. The molecule has 0 radical (unpaired) electrons. The van der Waals surface area contributed by atoms with E-state index < -0.39 is 0 Å². The Balaban J connectivity index is 2.29. The zero-order chi connectivity index (χ0) is 11.8. The van der Waals surface area contributed by atoms with E-state index in [4.69, 9.17) is 5.73 Å². The van der Waals surface area contributed by atoms with Crippen LogP contribution in [0.5, 0.6) is 0 Å². The van der Waals surface area contributed by atoms with Crippen LogP contribution in [-0.2, 0) is 5.41 Å². The van der Waals surface area contributed by atoms with E-state index in [0.29, 0.717) is 13.1 Å². The van der Waals surface area contributed by atoms with E-state index >= 15 is 0 Å². The molecule has 3 N–H and O–H groups in total. The molecule has 4 nitrogen and oxygen atoms in total. The van der Waals surface area contributed by atoms with Crippen molar-refractivity contribution in [3.8, 4) is 0 Å². The van der Waals surface area contributed by atoms with Crippen LogP contribution in [0.2, 0.25) is 0 Å². The standard InChI is InChI=1S/C12H17N3O/c1-12(7-14-11(16)15(2)8-12)9-4-3-5-10(13)6-9/h3-6H,7-8,13H2,1-2H3,(H,14,16). The van der Waals surface area contributed by atoms with Gasteiger partial charge in [0.1, 0.15) is 0 Å². The van der Waals surface area contributed by atoms with Crippen LogP contribution in [0.1, 0.15) is 12.5 Å². The fraction of sp³-hybridized carbons (Fsp3) is 0.417. The van der Waals surface area contributed by atoms with E-state index in [0.717, 1.165) is 5.69 Å². The summed E-state index contributed by atoms with van der Waals surface area (Å²) in [6.07, 6.45) is 0. The highest BCUT2D eigenvalue weighted by atomic mass is 16.2. The van der Waals surface area contributed by atoms with Crippen molar-refractivity contribution in [2.45, 2.75) is 12.3 Å². The Labute approximate surface area is 95.4 Å². The normalized spacial score (nSPS) is 25.4. The lowest BCUT2D eigenvalue weighted by molar-refractivity contribution is 0.174. The van der Waals surface area contributed by atoms with Gasteiger partial charge in [0, 0.05) is 31.2 Å². The van der Waals surface area contributed by atoms with Gasteiger partial charge in [-0.2, -0.15) is 0 Å². The summed E-state index contributed by atoms with van der Waals surface area (Å²) in [6.45, 7) is 3.50. The van der Waals surface area contributed by atoms with Gasteiger partial charge in [-0.05, 0) is 17.7 Å². The highest BCUT2D eigenvalue weighted by molar-refractivity contribution is 5.75. The van der Waals surface area contributed by atoms with E-state index in [9.17, 15) is 4.79 Å². The number of hydrogen-bond acceptors (Lipinski definition) is 2. The smallest absolute Gasteiger partial charge is 0.317 e. The molecule has 1 unspecified atom stereocenters. The third-order valence-electron chi connectivity index (χ3n) is 3.15. The maximum absolute atomic E-state index is 11.4. The largest absolute Gasteiger partial charge is 0.399 e. The molecule has 1 saturated heterocycles. The fourth-order valence-corrected chi connectivity index (χ4v) is 2.16. The van der Waals surface area contributed by atoms with Gasteiger partial charge >= 0.3 is 6.03 Å². The molecule has 1 fully saturated rings. The van der Waals surface area contributed by atoms with Gasteiger partial charge in [-0.25, -0.2) is 4.79 Å². The van der Waals surface area contributed by atoms with E-state index in [1.54, 1.807) is 11.9 Å².